The number of aliphatic hydroxyl groups is 1. The van der Waals surface area contributed by atoms with Crippen LogP contribution in [0.1, 0.15) is 88.4 Å². The molecule has 0 aliphatic carbocycles. The first-order valence-electron chi connectivity index (χ1n) is 15.9. The standard InChI is InChI=1S/C33H48N2O13/c1-33(2,43)32(42)24-12-14-25(15-13-24)45-20-21-48-31(41)23-27(37)35-17-16-34-26(36)22-30(40)47-19-9-5-7-11-29(39)46-18-8-4-6-10-28(38)44-3/h12-15,43H,4-11,16-23H2,1-3H3,(H,34,36)(H,35,37). The fraction of sp³-hybridized carbons (Fsp3) is 0.606. The molecular formula is C33H48N2O13. The molecule has 0 bridgehead atoms. The van der Waals surface area contributed by atoms with Crippen LogP contribution in [0.25, 0.3) is 0 Å². The number of methoxy groups -OCH3 is 1. The van der Waals surface area contributed by atoms with Gasteiger partial charge in [0.25, 0.3) is 0 Å². The molecule has 1 aromatic rings. The van der Waals surface area contributed by atoms with Crippen LogP contribution >= 0.6 is 0 Å². The van der Waals surface area contributed by atoms with Crippen LogP contribution in [0, 0.1) is 0 Å². The Bertz CT molecular complexity index is 1190. The smallest absolute Gasteiger partial charge is 0.315 e. The number of hydrogen-bond donors (Lipinski definition) is 3. The van der Waals surface area contributed by atoms with Gasteiger partial charge in [-0.1, -0.05) is 0 Å². The summed E-state index contributed by atoms with van der Waals surface area (Å²) in [4.78, 5) is 82.3. The molecule has 0 radical (unpaired) electrons. The summed E-state index contributed by atoms with van der Waals surface area (Å²) in [6.07, 6.45) is 3.42. The van der Waals surface area contributed by atoms with E-state index in [4.69, 9.17) is 18.9 Å². The van der Waals surface area contributed by atoms with Crippen LogP contribution in [0.5, 0.6) is 5.75 Å². The van der Waals surface area contributed by atoms with E-state index in [1.54, 1.807) is 12.1 Å². The number of ether oxygens (including phenoxy) is 5. The van der Waals surface area contributed by atoms with Crippen LogP contribution in [-0.4, -0.2) is 98.8 Å². The van der Waals surface area contributed by atoms with Gasteiger partial charge in [0.2, 0.25) is 11.8 Å². The molecule has 0 heterocycles. The van der Waals surface area contributed by atoms with Crippen LogP contribution in [0.4, 0.5) is 0 Å². The average Bonchev–Trinajstić information content (AvgIpc) is 3.04. The summed E-state index contributed by atoms with van der Waals surface area (Å²) in [5.74, 6) is -3.23. The van der Waals surface area contributed by atoms with E-state index in [9.17, 15) is 38.7 Å². The molecule has 0 aromatic heterocycles. The van der Waals surface area contributed by atoms with E-state index in [2.05, 4.69) is 15.4 Å². The van der Waals surface area contributed by atoms with Gasteiger partial charge in [-0.2, -0.15) is 0 Å². The SMILES string of the molecule is COC(=O)CCCCCOC(=O)CCCCCOC(=O)CC(=O)NCCNC(=O)CC(=O)OCCOc1ccc(C(=O)C(C)(C)O)cc1. The van der Waals surface area contributed by atoms with Gasteiger partial charge in [-0.05, 0) is 76.6 Å². The normalized spacial score (nSPS) is 10.8. The number of benzene rings is 1. The first-order chi connectivity index (χ1) is 22.8. The van der Waals surface area contributed by atoms with Crippen LogP contribution in [0.15, 0.2) is 24.3 Å². The second-order valence-corrected chi connectivity index (χ2v) is 11.2. The molecule has 1 rings (SSSR count). The molecular weight excluding hydrogens is 632 g/mol. The topological polar surface area (TPSA) is 210 Å². The molecule has 0 saturated heterocycles. The summed E-state index contributed by atoms with van der Waals surface area (Å²) in [6.45, 7) is 3.17. The zero-order valence-electron chi connectivity index (χ0n) is 28.0. The van der Waals surface area contributed by atoms with Gasteiger partial charge in [-0.3, -0.25) is 33.6 Å². The summed E-state index contributed by atoms with van der Waals surface area (Å²) in [5, 5.41) is 14.7. The van der Waals surface area contributed by atoms with Crippen LogP contribution in [0.3, 0.4) is 0 Å². The Hall–Kier alpha value is -4.53. The summed E-state index contributed by atoms with van der Waals surface area (Å²) in [6, 6.07) is 6.11. The zero-order chi connectivity index (χ0) is 35.8. The molecule has 0 atom stereocenters. The van der Waals surface area contributed by atoms with Crippen LogP contribution in [-0.2, 0) is 47.7 Å². The van der Waals surface area contributed by atoms with Gasteiger partial charge in [0.15, 0.2) is 5.78 Å². The van der Waals surface area contributed by atoms with Crippen molar-refractivity contribution >= 4 is 41.5 Å². The van der Waals surface area contributed by atoms with Crippen molar-refractivity contribution < 1.29 is 62.4 Å². The average molecular weight is 681 g/mol. The maximum absolute atomic E-state index is 12.0. The zero-order valence-corrected chi connectivity index (χ0v) is 28.0. The Morgan fingerprint density at radius 1 is 0.625 bits per heavy atom. The van der Waals surface area contributed by atoms with Gasteiger partial charge >= 0.3 is 23.9 Å². The van der Waals surface area contributed by atoms with Gasteiger partial charge in [0, 0.05) is 31.5 Å². The molecule has 0 aliphatic heterocycles. The highest BCUT2D eigenvalue weighted by molar-refractivity contribution is 6.01. The first-order valence-corrected chi connectivity index (χ1v) is 15.9. The molecule has 1 aromatic carbocycles. The summed E-state index contributed by atoms with van der Waals surface area (Å²) >= 11 is 0. The number of amides is 2. The van der Waals surface area contributed by atoms with E-state index in [1.165, 1.54) is 33.1 Å². The van der Waals surface area contributed by atoms with Crippen molar-refractivity contribution in [2.24, 2.45) is 0 Å². The van der Waals surface area contributed by atoms with Gasteiger partial charge in [0.1, 0.15) is 37.4 Å². The van der Waals surface area contributed by atoms with E-state index < -0.39 is 48.0 Å². The predicted octanol–water partition coefficient (Wildman–Crippen LogP) is 1.96. The number of carbonyl (C=O) groups excluding carboxylic acids is 7. The van der Waals surface area contributed by atoms with Crippen molar-refractivity contribution in [3.63, 3.8) is 0 Å². The van der Waals surface area contributed by atoms with E-state index in [-0.39, 0.29) is 51.3 Å². The monoisotopic (exact) mass is 680 g/mol. The number of unbranched alkanes of at least 4 members (excludes halogenated alkanes) is 4. The molecule has 15 nitrogen and oxygen atoms in total. The van der Waals surface area contributed by atoms with Crippen molar-refractivity contribution in [1.29, 1.82) is 0 Å². The number of carbonyl (C=O) groups is 7. The van der Waals surface area contributed by atoms with E-state index in [1.807, 2.05) is 0 Å². The number of Topliss-reactive ketones (excluding diaryl/α,β-unsaturated/α-hetero) is 1. The lowest BCUT2D eigenvalue weighted by Gasteiger charge is -2.15. The third-order valence-electron chi connectivity index (χ3n) is 6.47. The van der Waals surface area contributed by atoms with Gasteiger partial charge in [-0.25, -0.2) is 0 Å². The first kappa shape index (κ1) is 41.5. The molecule has 2 amide bonds. The Morgan fingerprint density at radius 3 is 1.60 bits per heavy atom. The number of ketones is 1. The number of esters is 4. The molecule has 48 heavy (non-hydrogen) atoms. The van der Waals surface area contributed by atoms with Crippen LogP contribution < -0.4 is 15.4 Å². The molecule has 0 saturated carbocycles. The molecule has 0 unspecified atom stereocenters. The lowest BCUT2D eigenvalue weighted by Crippen LogP contribution is -2.36. The molecule has 0 fully saturated rings. The Kier molecular flexibility index (Phi) is 20.5. The number of hydrogen-bond acceptors (Lipinski definition) is 13. The van der Waals surface area contributed by atoms with Crippen LogP contribution in [0.2, 0.25) is 0 Å². The molecule has 15 heteroatoms. The van der Waals surface area contributed by atoms with Gasteiger partial charge in [0.05, 0.1) is 20.3 Å². The fourth-order valence-corrected chi connectivity index (χ4v) is 3.91. The predicted molar refractivity (Wildman–Crippen MR) is 170 cm³/mol. The third-order valence-corrected chi connectivity index (χ3v) is 6.47. The molecule has 3 N–H and O–H groups in total. The van der Waals surface area contributed by atoms with E-state index in [0.29, 0.717) is 56.4 Å². The summed E-state index contributed by atoms with van der Waals surface area (Å²) in [5.41, 5.74) is -1.17. The maximum Gasteiger partial charge on any atom is 0.315 e. The quantitative estimate of drug-likeness (QED) is 0.0444. The van der Waals surface area contributed by atoms with E-state index >= 15 is 0 Å². The lowest BCUT2D eigenvalue weighted by molar-refractivity contribution is -0.148. The van der Waals surface area contributed by atoms with Crippen molar-refractivity contribution in [2.75, 3.05) is 46.6 Å². The highest BCUT2D eigenvalue weighted by Gasteiger charge is 2.25. The van der Waals surface area contributed by atoms with Crippen molar-refractivity contribution in [3.8, 4) is 5.75 Å². The highest BCUT2D eigenvalue weighted by atomic mass is 16.6. The molecule has 268 valence electrons. The minimum Gasteiger partial charge on any atom is -0.490 e. The Labute approximate surface area is 280 Å². The number of rotatable bonds is 25. The second-order valence-electron chi connectivity index (χ2n) is 11.2. The number of nitrogens with one attached hydrogen (secondary N) is 2. The molecule has 0 spiro atoms. The Morgan fingerprint density at radius 2 is 1.10 bits per heavy atom. The second kappa shape index (κ2) is 23.7. The van der Waals surface area contributed by atoms with Gasteiger partial charge in [-0.15, -0.1) is 0 Å². The van der Waals surface area contributed by atoms with Crippen molar-refractivity contribution in [1.82, 2.24) is 10.6 Å². The molecule has 0 aliphatic rings. The largest absolute Gasteiger partial charge is 0.490 e. The summed E-state index contributed by atoms with van der Waals surface area (Å²) in [7, 11) is 1.34. The van der Waals surface area contributed by atoms with Crippen molar-refractivity contribution in [2.45, 2.75) is 83.7 Å². The lowest BCUT2D eigenvalue weighted by atomic mass is 9.97. The van der Waals surface area contributed by atoms with E-state index in [0.717, 1.165) is 6.42 Å². The third kappa shape index (κ3) is 20.6. The van der Waals surface area contributed by atoms with Crippen molar-refractivity contribution in [3.05, 3.63) is 29.8 Å². The maximum atomic E-state index is 12.0. The Balaban J connectivity index is 2.02. The summed E-state index contributed by atoms with van der Waals surface area (Å²) < 4.78 is 25.1. The minimum atomic E-state index is -1.49. The highest BCUT2D eigenvalue weighted by Crippen LogP contribution is 2.17. The minimum absolute atomic E-state index is 0.0145. The van der Waals surface area contributed by atoms with Gasteiger partial charge < -0.3 is 39.4 Å². The fourth-order valence-electron chi connectivity index (χ4n) is 3.91.